The number of hydrogen-bond acceptors (Lipinski definition) is 4. The van der Waals surface area contributed by atoms with Crippen LogP contribution in [-0.2, 0) is 10.3 Å². The second-order valence-corrected chi connectivity index (χ2v) is 6.32. The van der Waals surface area contributed by atoms with Crippen molar-refractivity contribution >= 4 is 16.8 Å². The number of aliphatic imine (C=N–C) groups is 1. The molecule has 3 rings (SSSR count). The highest BCUT2D eigenvalue weighted by Gasteiger charge is 2.53. The number of aliphatic hydroxyl groups is 1. The predicted molar refractivity (Wildman–Crippen MR) is 73.9 cm³/mol. The Morgan fingerprint density at radius 3 is 3.05 bits per heavy atom. The molecule has 0 aromatic heterocycles. The van der Waals surface area contributed by atoms with Gasteiger partial charge in [-0.05, 0) is 13.0 Å². The third-order valence-electron chi connectivity index (χ3n) is 4.01. The van der Waals surface area contributed by atoms with Gasteiger partial charge < -0.3 is 9.84 Å². The Labute approximate surface area is 120 Å². The number of thioether (sulfide) groups is 1. The van der Waals surface area contributed by atoms with E-state index in [2.05, 4.69) is 4.99 Å². The molecule has 6 heteroatoms. The molecule has 0 saturated carbocycles. The molecule has 0 amide bonds. The van der Waals surface area contributed by atoms with Crippen molar-refractivity contribution in [3.63, 3.8) is 0 Å². The van der Waals surface area contributed by atoms with Gasteiger partial charge in [-0.25, -0.2) is 8.78 Å². The maximum Gasteiger partial charge on any atom is 0.164 e. The minimum Gasteiger partial charge on any atom is -0.394 e. The number of rotatable bonds is 2. The minimum absolute atomic E-state index is 0.140. The number of ether oxygens (including phenoxy) is 1. The van der Waals surface area contributed by atoms with Gasteiger partial charge >= 0.3 is 0 Å². The van der Waals surface area contributed by atoms with E-state index in [9.17, 15) is 13.9 Å². The summed E-state index contributed by atoms with van der Waals surface area (Å²) in [6.45, 7) is 1.88. The molecule has 108 valence electrons. The number of hydrogen-bond donors (Lipinski definition) is 1. The van der Waals surface area contributed by atoms with Crippen molar-refractivity contribution in [2.75, 3.05) is 19.0 Å². The molecule has 2 heterocycles. The summed E-state index contributed by atoms with van der Waals surface area (Å²) in [4.78, 5) is 4.58. The molecular formula is C14H15F2NO2S. The fraction of sp³-hybridized carbons (Fsp3) is 0.500. The standard InChI is InChI=1S/C14H15F2NO2S/c1-8-17-14(9-3-2-4-11(15)13(9)16)7-19-12(5-18)10(14)6-20-8/h2-4,10,12,18H,5-7H2,1H3/t10-,12-,14-/m1/s1. The summed E-state index contributed by atoms with van der Waals surface area (Å²) in [6.07, 6.45) is -0.387. The zero-order valence-corrected chi connectivity index (χ0v) is 11.8. The molecule has 1 aromatic rings. The zero-order valence-electron chi connectivity index (χ0n) is 11.0. The van der Waals surface area contributed by atoms with Crippen LogP contribution in [0, 0.1) is 17.6 Å². The monoisotopic (exact) mass is 299 g/mol. The third-order valence-corrected chi connectivity index (χ3v) is 5.04. The van der Waals surface area contributed by atoms with Crippen LogP contribution in [0.4, 0.5) is 8.78 Å². The SMILES string of the molecule is CC1=N[C@@]2(c3cccc(F)c3F)CO[C@H](CO)[C@H]2CS1. The molecule has 2 aliphatic heterocycles. The van der Waals surface area contributed by atoms with Crippen molar-refractivity contribution in [2.45, 2.75) is 18.6 Å². The van der Waals surface area contributed by atoms with Gasteiger partial charge in [0.2, 0.25) is 0 Å². The summed E-state index contributed by atoms with van der Waals surface area (Å²) in [6, 6.07) is 4.14. The second-order valence-electron chi connectivity index (χ2n) is 5.11. The Hall–Kier alpha value is -0.980. The summed E-state index contributed by atoms with van der Waals surface area (Å²) in [5, 5.41) is 10.2. The molecule has 2 aliphatic rings. The predicted octanol–water partition coefficient (Wildman–Crippen LogP) is 2.33. The fourth-order valence-corrected chi connectivity index (χ4v) is 4.14. The lowest BCUT2D eigenvalue weighted by Gasteiger charge is -2.36. The van der Waals surface area contributed by atoms with Crippen LogP contribution < -0.4 is 0 Å². The van der Waals surface area contributed by atoms with Gasteiger partial charge in [-0.2, -0.15) is 0 Å². The maximum atomic E-state index is 14.2. The first kappa shape index (κ1) is 14.0. The lowest BCUT2D eigenvalue weighted by atomic mass is 9.79. The van der Waals surface area contributed by atoms with Gasteiger partial charge in [-0.3, -0.25) is 4.99 Å². The van der Waals surface area contributed by atoms with Gasteiger partial charge in [0, 0.05) is 17.2 Å². The summed E-state index contributed by atoms with van der Waals surface area (Å²) in [5.74, 6) is -1.23. The van der Waals surface area contributed by atoms with E-state index in [0.29, 0.717) is 5.75 Å². The lowest BCUT2D eigenvalue weighted by Crippen LogP contribution is -2.41. The Bertz CT molecular complexity index is 566. The molecule has 1 N–H and O–H groups in total. The highest BCUT2D eigenvalue weighted by molar-refractivity contribution is 8.13. The molecular weight excluding hydrogens is 284 g/mol. The fourth-order valence-electron chi connectivity index (χ4n) is 3.00. The number of nitrogens with zero attached hydrogens (tertiary/aromatic N) is 1. The molecule has 1 aromatic carbocycles. The molecule has 0 unspecified atom stereocenters. The Balaban J connectivity index is 2.16. The first-order valence-corrected chi connectivity index (χ1v) is 7.43. The molecule has 0 bridgehead atoms. The van der Waals surface area contributed by atoms with Gasteiger partial charge in [0.15, 0.2) is 11.6 Å². The zero-order chi connectivity index (χ0) is 14.3. The van der Waals surface area contributed by atoms with E-state index < -0.39 is 17.2 Å². The topological polar surface area (TPSA) is 41.8 Å². The van der Waals surface area contributed by atoms with E-state index in [1.165, 1.54) is 6.07 Å². The number of benzene rings is 1. The molecule has 1 saturated heterocycles. The molecule has 0 aliphatic carbocycles. The molecule has 0 spiro atoms. The summed E-state index contributed by atoms with van der Waals surface area (Å²) in [5.41, 5.74) is -0.701. The average Bonchev–Trinajstić information content (AvgIpc) is 2.80. The van der Waals surface area contributed by atoms with Crippen molar-refractivity contribution in [3.05, 3.63) is 35.4 Å². The van der Waals surface area contributed by atoms with E-state index in [4.69, 9.17) is 4.74 Å². The number of fused-ring (bicyclic) bond motifs is 1. The van der Waals surface area contributed by atoms with Crippen molar-refractivity contribution in [1.29, 1.82) is 0 Å². The largest absolute Gasteiger partial charge is 0.394 e. The van der Waals surface area contributed by atoms with Crippen LogP contribution in [0.1, 0.15) is 12.5 Å². The quantitative estimate of drug-likeness (QED) is 0.911. The van der Waals surface area contributed by atoms with Crippen LogP contribution >= 0.6 is 11.8 Å². The summed E-state index contributed by atoms with van der Waals surface area (Å²) < 4.78 is 33.3. The van der Waals surface area contributed by atoms with Gasteiger partial charge in [0.1, 0.15) is 5.54 Å². The second kappa shape index (κ2) is 5.09. The van der Waals surface area contributed by atoms with Crippen LogP contribution in [0.2, 0.25) is 0 Å². The first-order valence-electron chi connectivity index (χ1n) is 6.44. The van der Waals surface area contributed by atoms with Crippen LogP contribution in [0.3, 0.4) is 0 Å². The average molecular weight is 299 g/mol. The maximum absolute atomic E-state index is 14.2. The summed E-state index contributed by atoms with van der Waals surface area (Å²) in [7, 11) is 0. The van der Waals surface area contributed by atoms with E-state index >= 15 is 0 Å². The van der Waals surface area contributed by atoms with E-state index in [-0.39, 0.29) is 30.8 Å². The van der Waals surface area contributed by atoms with Gasteiger partial charge in [-0.1, -0.05) is 12.1 Å². The minimum atomic E-state index is -0.922. The summed E-state index contributed by atoms with van der Waals surface area (Å²) >= 11 is 1.56. The lowest BCUT2D eigenvalue weighted by molar-refractivity contribution is 0.0436. The van der Waals surface area contributed by atoms with Crippen LogP contribution in [-0.4, -0.2) is 35.2 Å². The molecule has 0 radical (unpaired) electrons. The van der Waals surface area contributed by atoms with Crippen LogP contribution in [0.5, 0.6) is 0 Å². The van der Waals surface area contributed by atoms with Crippen molar-refractivity contribution < 1.29 is 18.6 Å². The third kappa shape index (κ3) is 1.98. The molecule has 3 atom stereocenters. The van der Waals surface area contributed by atoms with Crippen LogP contribution in [0.25, 0.3) is 0 Å². The Kier molecular flexibility index (Phi) is 3.56. The van der Waals surface area contributed by atoms with Gasteiger partial charge in [0.25, 0.3) is 0 Å². The van der Waals surface area contributed by atoms with Gasteiger partial charge in [-0.15, -0.1) is 11.8 Å². The Morgan fingerprint density at radius 2 is 2.30 bits per heavy atom. The normalized spacial score (nSPS) is 32.9. The smallest absolute Gasteiger partial charge is 0.164 e. The highest BCUT2D eigenvalue weighted by atomic mass is 32.2. The molecule has 1 fully saturated rings. The van der Waals surface area contributed by atoms with Crippen molar-refractivity contribution in [2.24, 2.45) is 10.9 Å². The van der Waals surface area contributed by atoms with E-state index in [1.54, 1.807) is 17.8 Å². The van der Waals surface area contributed by atoms with Crippen molar-refractivity contribution in [1.82, 2.24) is 0 Å². The first-order chi connectivity index (χ1) is 9.58. The Morgan fingerprint density at radius 1 is 1.50 bits per heavy atom. The molecule has 20 heavy (non-hydrogen) atoms. The van der Waals surface area contributed by atoms with Crippen LogP contribution in [0.15, 0.2) is 23.2 Å². The van der Waals surface area contributed by atoms with Gasteiger partial charge in [0.05, 0.1) is 24.4 Å². The number of halogens is 2. The van der Waals surface area contributed by atoms with E-state index in [0.717, 1.165) is 11.1 Å². The van der Waals surface area contributed by atoms with E-state index in [1.807, 2.05) is 6.92 Å². The number of aliphatic hydroxyl groups excluding tert-OH is 1. The van der Waals surface area contributed by atoms with Crippen molar-refractivity contribution in [3.8, 4) is 0 Å². The molecule has 3 nitrogen and oxygen atoms in total. The highest BCUT2D eigenvalue weighted by Crippen LogP contribution is 2.48.